The van der Waals surface area contributed by atoms with E-state index in [1.165, 1.54) is 37.3 Å². The van der Waals surface area contributed by atoms with Gasteiger partial charge in [0.15, 0.2) is 15.6 Å². The van der Waals surface area contributed by atoms with Gasteiger partial charge in [0.05, 0.1) is 26.7 Å². The van der Waals surface area contributed by atoms with Crippen molar-refractivity contribution < 1.29 is 39.6 Å². The normalized spacial score (nSPS) is 14.7. The number of hydrogen-bond donors (Lipinski definition) is 0. The Morgan fingerprint density at radius 3 is 1.97 bits per heavy atom. The van der Waals surface area contributed by atoms with Crippen molar-refractivity contribution in [3.8, 4) is 0 Å². The van der Waals surface area contributed by atoms with Gasteiger partial charge in [-0.25, -0.2) is 8.42 Å². The standard InChI is InChI=1S/C23H19Cl3F6O3S/c1-13(11-36(34,35)12-22(27,28)29)8-20(33)15-5-2-14(3-6-15)4-7-17(23(30,31)32)16-9-18(24)21(26)19(25)10-16/h2-7,9-10,13,17H,8,11-12H2,1H3/b7-4+/t13-,17?/m0/s1. The smallest absolute Gasteiger partial charge is 0.294 e. The Kier molecular flexibility index (Phi) is 9.95. The van der Waals surface area contributed by atoms with Gasteiger partial charge in [-0.05, 0) is 29.2 Å². The number of Topliss-reactive ketones (excluding diaryl/α,β-unsaturated/α-hetero) is 1. The number of allylic oxidation sites excluding steroid dienone is 1. The summed E-state index contributed by atoms with van der Waals surface area (Å²) in [5.41, 5.74) is 0.239. The van der Waals surface area contributed by atoms with Gasteiger partial charge in [0.25, 0.3) is 0 Å². The number of alkyl halides is 6. The number of ketones is 1. The van der Waals surface area contributed by atoms with Crippen LogP contribution in [0.3, 0.4) is 0 Å². The lowest BCUT2D eigenvalue weighted by Crippen LogP contribution is -2.28. The molecule has 2 aromatic carbocycles. The van der Waals surface area contributed by atoms with Gasteiger partial charge in [-0.1, -0.05) is 78.1 Å². The van der Waals surface area contributed by atoms with Gasteiger partial charge in [0.1, 0.15) is 5.75 Å². The van der Waals surface area contributed by atoms with Crippen molar-refractivity contribution in [3.05, 3.63) is 74.2 Å². The minimum atomic E-state index is -4.87. The molecule has 2 rings (SSSR count). The molecule has 0 saturated heterocycles. The van der Waals surface area contributed by atoms with E-state index in [-0.39, 0.29) is 32.6 Å². The highest BCUT2D eigenvalue weighted by molar-refractivity contribution is 7.91. The third-order valence-corrected chi connectivity index (χ3v) is 7.93. The third kappa shape index (κ3) is 9.28. The van der Waals surface area contributed by atoms with E-state index in [1.807, 2.05) is 0 Å². The van der Waals surface area contributed by atoms with Crippen LogP contribution < -0.4 is 0 Å². The van der Waals surface area contributed by atoms with E-state index in [1.54, 1.807) is 0 Å². The molecule has 0 fully saturated rings. The first-order chi connectivity index (χ1) is 16.4. The molecule has 2 atom stereocenters. The van der Waals surface area contributed by atoms with E-state index >= 15 is 0 Å². The molecule has 1 unspecified atom stereocenters. The molecule has 13 heteroatoms. The topological polar surface area (TPSA) is 51.2 Å². The predicted octanol–water partition coefficient (Wildman–Crippen LogP) is 8.19. The molecule has 0 aliphatic rings. The lowest BCUT2D eigenvalue weighted by atomic mass is 9.96. The van der Waals surface area contributed by atoms with Gasteiger partial charge in [-0.15, -0.1) is 0 Å². The van der Waals surface area contributed by atoms with Crippen LogP contribution in [0.15, 0.2) is 42.5 Å². The highest BCUT2D eigenvalue weighted by atomic mass is 35.5. The van der Waals surface area contributed by atoms with Gasteiger partial charge < -0.3 is 0 Å². The molecule has 3 nitrogen and oxygen atoms in total. The number of benzene rings is 2. The van der Waals surface area contributed by atoms with E-state index < -0.39 is 51.3 Å². The highest BCUT2D eigenvalue weighted by Crippen LogP contribution is 2.41. The Bertz CT molecular complexity index is 1200. The average Bonchev–Trinajstić information content (AvgIpc) is 2.69. The maximum atomic E-state index is 13.7. The predicted molar refractivity (Wildman–Crippen MR) is 129 cm³/mol. The fraction of sp³-hybridized carbons (Fsp3) is 0.348. The van der Waals surface area contributed by atoms with Crippen LogP contribution in [0.4, 0.5) is 26.3 Å². The summed E-state index contributed by atoms with van der Waals surface area (Å²) in [7, 11) is -4.43. The summed E-state index contributed by atoms with van der Waals surface area (Å²) >= 11 is 17.5. The maximum Gasteiger partial charge on any atom is 0.402 e. The summed E-state index contributed by atoms with van der Waals surface area (Å²) in [5, 5.41) is -0.338. The molecular formula is C23H19Cl3F6O3S. The van der Waals surface area contributed by atoms with Crippen molar-refractivity contribution >= 4 is 56.5 Å². The summed E-state index contributed by atoms with van der Waals surface area (Å²) in [6.07, 6.45) is -7.78. The van der Waals surface area contributed by atoms with Crippen LogP contribution >= 0.6 is 34.8 Å². The van der Waals surface area contributed by atoms with Crippen LogP contribution in [0, 0.1) is 5.92 Å². The SMILES string of the molecule is C[C@@H](CC(=O)c1ccc(/C=C/C(c2cc(Cl)c(Cl)c(Cl)c2)C(F)(F)F)cc1)CS(=O)(=O)CC(F)(F)F. The monoisotopic (exact) mass is 594 g/mol. The first kappa shape index (κ1) is 30.5. The Morgan fingerprint density at radius 2 is 1.50 bits per heavy atom. The van der Waals surface area contributed by atoms with Crippen molar-refractivity contribution in [2.75, 3.05) is 11.5 Å². The average molecular weight is 596 g/mol. The minimum Gasteiger partial charge on any atom is -0.294 e. The fourth-order valence-corrected chi connectivity index (χ4v) is 5.60. The maximum absolute atomic E-state index is 13.7. The Hall–Kier alpha value is -1.75. The first-order valence-electron chi connectivity index (χ1n) is 10.2. The molecule has 0 amide bonds. The lowest BCUT2D eigenvalue weighted by Gasteiger charge is -2.18. The van der Waals surface area contributed by atoms with Gasteiger partial charge in [-0.2, -0.15) is 26.3 Å². The summed E-state index contributed by atoms with van der Waals surface area (Å²) in [6, 6.07) is 7.55. The zero-order valence-corrected chi connectivity index (χ0v) is 21.5. The molecule has 0 bridgehead atoms. The molecule has 0 radical (unpaired) electrons. The fourth-order valence-electron chi connectivity index (χ4n) is 3.39. The number of halogens is 9. The van der Waals surface area contributed by atoms with Crippen molar-refractivity contribution in [2.45, 2.75) is 31.6 Å². The molecule has 0 aliphatic carbocycles. The van der Waals surface area contributed by atoms with E-state index in [9.17, 15) is 39.6 Å². The molecule has 0 aromatic heterocycles. The molecular weight excluding hydrogens is 577 g/mol. The Labute approximate surface area is 219 Å². The Morgan fingerprint density at radius 1 is 0.972 bits per heavy atom. The van der Waals surface area contributed by atoms with Crippen LogP contribution in [0.1, 0.15) is 40.7 Å². The number of rotatable bonds is 9. The van der Waals surface area contributed by atoms with Crippen molar-refractivity contribution in [1.82, 2.24) is 0 Å². The second-order valence-electron chi connectivity index (χ2n) is 8.20. The molecule has 198 valence electrons. The number of hydrogen-bond acceptors (Lipinski definition) is 3. The van der Waals surface area contributed by atoms with E-state index in [4.69, 9.17) is 34.8 Å². The minimum absolute atomic E-state index is 0.0699. The molecule has 0 spiro atoms. The van der Waals surface area contributed by atoms with Gasteiger partial charge in [0.2, 0.25) is 0 Å². The first-order valence-corrected chi connectivity index (χ1v) is 13.1. The molecule has 36 heavy (non-hydrogen) atoms. The molecule has 0 heterocycles. The zero-order valence-electron chi connectivity index (χ0n) is 18.4. The van der Waals surface area contributed by atoms with Crippen LogP contribution in [0.5, 0.6) is 0 Å². The number of carbonyl (C=O) groups is 1. The molecule has 2 aromatic rings. The van der Waals surface area contributed by atoms with Gasteiger partial charge >= 0.3 is 12.4 Å². The molecule has 0 aliphatic heterocycles. The quantitative estimate of drug-likeness (QED) is 0.167. The van der Waals surface area contributed by atoms with E-state index in [0.29, 0.717) is 5.56 Å². The van der Waals surface area contributed by atoms with Crippen LogP contribution in [-0.2, 0) is 9.84 Å². The van der Waals surface area contributed by atoms with Gasteiger partial charge in [0, 0.05) is 12.0 Å². The number of sulfone groups is 1. The van der Waals surface area contributed by atoms with Crippen LogP contribution in [-0.4, -0.2) is 38.1 Å². The van der Waals surface area contributed by atoms with E-state index in [0.717, 1.165) is 18.2 Å². The van der Waals surface area contributed by atoms with Crippen molar-refractivity contribution in [1.29, 1.82) is 0 Å². The number of carbonyl (C=O) groups excluding carboxylic acids is 1. The molecule has 0 saturated carbocycles. The highest BCUT2D eigenvalue weighted by Gasteiger charge is 2.39. The summed E-state index contributed by atoms with van der Waals surface area (Å²) in [6.45, 7) is 1.34. The summed E-state index contributed by atoms with van der Waals surface area (Å²) in [5.74, 6) is -6.21. The molecule has 0 N–H and O–H groups in total. The summed E-state index contributed by atoms with van der Waals surface area (Å²) in [4.78, 5) is 12.4. The Balaban J connectivity index is 2.13. The van der Waals surface area contributed by atoms with E-state index in [2.05, 4.69) is 0 Å². The largest absolute Gasteiger partial charge is 0.402 e. The second kappa shape index (κ2) is 11.8. The lowest BCUT2D eigenvalue weighted by molar-refractivity contribution is -0.139. The third-order valence-electron chi connectivity index (χ3n) is 4.89. The summed E-state index contributed by atoms with van der Waals surface area (Å²) < 4.78 is 101. The van der Waals surface area contributed by atoms with Crippen molar-refractivity contribution in [2.24, 2.45) is 5.92 Å². The van der Waals surface area contributed by atoms with Crippen LogP contribution in [0.25, 0.3) is 6.08 Å². The second-order valence-corrected chi connectivity index (χ2v) is 11.5. The van der Waals surface area contributed by atoms with Crippen molar-refractivity contribution in [3.63, 3.8) is 0 Å². The van der Waals surface area contributed by atoms with Gasteiger partial charge in [-0.3, -0.25) is 4.79 Å². The van der Waals surface area contributed by atoms with Crippen LogP contribution in [0.2, 0.25) is 15.1 Å². The zero-order chi connectivity index (χ0) is 27.5.